The molecule has 1 spiro atoms. The first-order valence-electron chi connectivity index (χ1n) is 11.5. The van der Waals surface area contributed by atoms with Crippen LogP contribution in [0.2, 0.25) is 0 Å². The third-order valence-corrected chi connectivity index (χ3v) is 6.78. The van der Waals surface area contributed by atoms with E-state index in [0.717, 1.165) is 18.6 Å². The smallest absolute Gasteiger partial charge is 0.296 e. The maximum Gasteiger partial charge on any atom is 0.296 e. The first-order valence-corrected chi connectivity index (χ1v) is 11.5. The number of ether oxygens (including phenoxy) is 1. The molecule has 3 aliphatic rings. The molecular weight excluding hydrogens is 439 g/mol. The standard InChI is InChI=1S/C26H25FN2O5/c1-2-13-28-20-8-4-3-7-19(20)26(25(28)33)21(22(30)16-9-11-17(27)12-10-16)23(31)24(32)29(26)15-18-6-5-14-34-18/h3-4,7-12,18,30H,2,5-6,13-15H2,1H3/b22-21+. The van der Waals surface area contributed by atoms with E-state index in [1.54, 1.807) is 29.2 Å². The van der Waals surface area contributed by atoms with Crippen LogP contribution in [0.25, 0.3) is 5.76 Å². The van der Waals surface area contributed by atoms with Gasteiger partial charge in [0.1, 0.15) is 11.6 Å². The number of aliphatic hydroxyl groups excluding tert-OH is 1. The van der Waals surface area contributed by atoms with E-state index in [4.69, 9.17) is 4.74 Å². The molecule has 176 valence electrons. The topological polar surface area (TPSA) is 87.2 Å². The molecule has 0 radical (unpaired) electrons. The van der Waals surface area contributed by atoms with Crippen molar-refractivity contribution in [1.29, 1.82) is 0 Å². The van der Waals surface area contributed by atoms with Crippen LogP contribution in [0.15, 0.2) is 54.1 Å². The number of hydrogen-bond donors (Lipinski definition) is 1. The van der Waals surface area contributed by atoms with E-state index < -0.39 is 34.7 Å². The number of fused-ring (bicyclic) bond motifs is 2. The number of para-hydroxylation sites is 1. The highest BCUT2D eigenvalue weighted by atomic mass is 19.1. The molecule has 0 aromatic heterocycles. The summed E-state index contributed by atoms with van der Waals surface area (Å²) < 4.78 is 19.3. The lowest BCUT2D eigenvalue weighted by Gasteiger charge is -2.35. The van der Waals surface area contributed by atoms with Crippen molar-refractivity contribution < 1.29 is 28.6 Å². The first kappa shape index (κ1) is 22.3. The monoisotopic (exact) mass is 464 g/mol. The fraction of sp³-hybridized carbons (Fsp3) is 0.346. The summed E-state index contributed by atoms with van der Waals surface area (Å²) in [7, 11) is 0. The van der Waals surface area contributed by atoms with Crippen LogP contribution < -0.4 is 4.90 Å². The average Bonchev–Trinajstić information content (AvgIpc) is 3.49. The summed E-state index contributed by atoms with van der Waals surface area (Å²) in [5, 5.41) is 11.3. The number of hydrogen-bond acceptors (Lipinski definition) is 5. The lowest BCUT2D eigenvalue weighted by molar-refractivity contribution is -0.145. The molecule has 3 aliphatic heterocycles. The summed E-state index contributed by atoms with van der Waals surface area (Å²) in [6.45, 7) is 2.91. The molecule has 34 heavy (non-hydrogen) atoms. The number of amides is 2. The van der Waals surface area contributed by atoms with Crippen LogP contribution in [-0.4, -0.2) is 53.4 Å². The van der Waals surface area contributed by atoms with E-state index in [2.05, 4.69) is 0 Å². The van der Waals surface area contributed by atoms with E-state index in [9.17, 15) is 23.9 Å². The summed E-state index contributed by atoms with van der Waals surface area (Å²) in [5.41, 5.74) is -0.897. The van der Waals surface area contributed by atoms with Gasteiger partial charge in [0.2, 0.25) is 0 Å². The molecule has 7 nitrogen and oxygen atoms in total. The van der Waals surface area contributed by atoms with Crippen molar-refractivity contribution in [3.8, 4) is 0 Å². The molecule has 8 heteroatoms. The zero-order chi connectivity index (χ0) is 24.0. The normalized spacial score (nSPS) is 25.6. The molecule has 2 saturated heterocycles. The van der Waals surface area contributed by atoms with Crippen molar-refractivity contribution in [2.75, 3.05) is 24.6 Å². The van der Waals surface area contributed by atoms with E-state index in [0.29, 0.717) is 37.2 Å². The fourth-order valence-corrected chi connectivity index (χ4v) is 5.31. The molecule has 2 atom stereocenters. The molecule has 1 N–H and O–H groups in total. The average molecular weight is 464 g/mol. The van der Waals surface area contributed by atoms with Crippen LogP contribution in [0.3, 0.4) is 0 Å². The fourth-order valence-electron chi connectivity index (χ4n) is 5.31. The third kappa shape index (κ3) is 3.09. The summed E-state index contributed by atoms with van der Waals surface area (Å²) in [4.78, 5) is 43.9. The van der Waals surface area contributed by atoms with E-state index in [1.807, 2.05) is 6.92 Å². The summed E-state index contributed by atoms with van der Waals surface area (Å²) in [6.07, 6.45) is 1.86. The van der Waals surface area contributed by atoms with Gasteiger partial charge in [-0.2, -0.15) is 0 Å². The lowest BCUT2D eigenvalue weighted by atomic mass is 9.81. The quantitative estimate of drug-likeness (QED) is 0.417. The third-order valence-electron chi connectivity index (χ3n) is 6.78. The minimum Gasteiger partial charge on any atom is -0.507 e. The molecular formula is C26H25FN2O5. The zero-order valence-corrected chi connectivity index (χ0v) is 18.8. The summed E-state index contributed by atoms with van der Waals surface area (Å²) >= 11 is 0. The maximum atomic E-state index is 14.2. The molecule has 2 amide bonds. The van der Waals surface area contributed by atoms with Gasteiger partial charge in [-0.3, -0.25) is 14.4 Å². The molecule has 2 fully saturated rings. The van der Waals surface area contributed by atoms with Crippen LogP contribution >= 0.6 is 0 Å². The van der Waals surface area contributed by atoms with Crippen molar-refractivity contribution in [2.45, 2.75) is 37.8 Å². The number of rotatable bonds is 5. The Kier molecular flexibility index (Phi) is 5.48. The van der Waals surface area contributed by atoms with E-state index >= 15 is 0 Å². The summed E-state index contributed by atoms with van der Waals surface area (Å²) in [5.74, 6) is -3.28. The van der Waals surface area contributed by atoms with Crippen molar-refractivity contribution in [2.24, 2.45) is 0 Å². The van der Waals surface area contributed by atoms with Gasteiger partial charge in [-0.25, -0.2) is 4.39 Å². The van der Waals surface area contributed by atoms with Crippen LogP contribution in [0.5, 0.6) is 0 Å². The van der Waals surface area contributed by atoms with E-state index in [-0.39, 0.29) is 23.8 Å². The first-order chi connectivity index (χ1) is 16.4. The molecule has 3 heterocycles. The highest BCUT2D eigenvalue weighted by Crippen LogP contribution is 2.53. The van der Waals surface area contributed by atoms with Crippen LogP contribution in [-0.2, 0) is 24.7 Å². The number of anilines is 1. The number of Topliss-reactive ketones (excluding diaryl/α,β-unsaturated/α-hetero) is 1. The van der Waals surface area contributed by atoms with E-state index in [1.165, 1.54) is 17.0 Å². The maximum absolute atomic E-state index is 14.2. The van der Waals surface area contributed by atoms with Crippen LogP contribution in [0, 0.1) is 5.82 Å². The largest absolute Gasteiger partial charge is 0.507 e. The van der Waals surface area contributed by atoms with Gasteiger partial charge in [-0.1, -0.05) is 25.1 Å². The Labute approximate surface area is 196 Å². The van der Waals surface area contributed by atoms with Gasteiger partial charge >= 0.3 is 0 Å². The SMILES string of the molecule is CCCN1C(=O)C2(/C(=C(/O)c3ccc(F)cc3)C(=O)C(=O)N2CC2CCCO2)c2ccccc21. The van der Waals surface area contributed by atoms with Gasteiger partial charge in [-0.05, 0) is 49.6 Å². The number of carbonyl (C=O) groups is 3. The predicted molar refractivity (Wildman–Crippen MR) is 122 cm³/mol. The number of aliphatic hydroxyl groups is 1. The number of benzene rings is 2. The van der Waals surface area contributed by atoms with Gasteiger partial charge < -0.3 is 19.6 Å². The zero-order valence-electron chi connectivity index (χ0n) is 18.8. The van der Waals surface area contributed by atoms with Crippen LogP contribution in [0.1, 0.15) is 37.3 Å². The Bertz CT molecular complexity index is 1200. The lowest BCUT2D eigenvalue weighted by Crippen LogP contribution is -2.53. The van der Waals surface area contributed by atoms with Gasteiger partial charge in [0.15, 0.2) is 5.54 Å². The molecule has 0 bridgehead atoms. The minimum absolute atomic E-state index is 0.0464. The van der Waals surface area contributed by atoms with Gasteiger partial charge in [0.25, 0.3) is 17.6 Å². The molecule has 0 saturated carbocycles. The number of ketones is 1. The van der Waals surface area contributed by atoms with Gasteiger partial charge in [0.05, 0.1) is 17.4 Å². The Balaban J connectivity index is 1.79. The Morgan fingerprint density at radius 3 is 2.56 bits per heavy atom. The van der Waals surface area contributed by atoms with Crippen molar-refractivity contribution in [3.05, 3.63) is 71.0 Å². The van der Waals surface area contributed by atoms with Gasteiger partial charge in [-0.15, -0.1) is 0 Å². The van der Waals surface area contributed by atoms with Crippen molar-refractivity contribution in [3.63, 3.8) is 0 Å². The predicted octanol–water partition coefficient (Wildman–Crippen LogP) is 3.34. The number of carbonyl (C=O) groups excluding carboxylic acids is 3. The number of nitrogens with zero attached hydrogens (tertiary/aromatic N) is 2. The Hall–Kier alpha value is -3.52. The molecule has 5 rings (SSSR count). The Morgan fingerprint density at radius 1 is 1.15 bits per heavy atom. The van der Waals surface area contributed by atoms with Crippen molar-refractivity contribution in [1.82, 2.24) is 4.90 Å². The number of halogens is 1. The Morgan fingerprint density at radius 2 is 1.88 bits per heavy atom. The highest BCUT2D eigenvalue weighted by molar-refractivity contribution is 6.50. The molecule has 2 aromatic carbocycles. The highest BCUT2D eigenvalue weighted by Gasteiger charge is 2.67. The molecule has 2 aromatic rings. The minimum atomic E-state index is -1.82. The number of likely N-dealkylation sites (tertiary alicyclic amines) is 1. The summed E-state index contributed by atoms with van der Waals surface area (Å²) in [6, 6.07) is 12.0. The molecule has 2 unspecified atom stereocenters. The van der Waals surface area contributed by atoms with Crippen LogP contribution in [0.4, 0.5) is 10.1 Å². The van der Waals surface area contributed by atoms with Gasteiger partial charge in [0, 0.05) is 30.8 Å². The second kappa shape index (κ2) is 8.36. The van der Waals surface area contributed by atoms with Crippen molar-refractivity contribution >= 4 is 29.0 Å². The second-order valence-corrected chi connectivity index (χ2v) is 8.79. The molecule has 0 aliphatic carbocycles. The second-order valence-electron chi connectivity index (χ2n) is 8.79.